The number of amides is 1. The van der Waals surface area contributed by atoms with Crippen LogP contribution in [-0.4, -0.2) is 22.8 Å². The molecule has 0 aliphatic rings. The normalized spacial score (nSPS) is 10.5. The Morgan fingerprint density at radius 3 is 2.74 bits per heavy atom. The zero-order valence-electron chi connectivity index (χ0n) is 10.5. The van der Waals surface area contributed by atoms with Gasteiger partial charge in [0.25, 0.3) is 5.91 Å². The molecule has 0 unspecified atom stereocenters. The van der Waals surface area contributed by atoms with Gasteiger partial charge in [0.15, 0.2) is 5.82 Å². The van der Waals surface area contributed by atoms with Crippen molar-refractivity contribution in [3.05, 3.63) is 53.2 Å². The van der Waals surface area contributed by atoms with Crippen LogP contribution in [0.2, 0.25) is 0 Å². The summed E-state index contributed by atoms with van der Waals surface area (Å²) in [5.74, 6) is -1.86. The fourth-order valence-electron chi connectivity index (χ4n) is 1.66. The Hall–Kier alpha value is -2.24. The SMILES string of the molecule is Cc1ccc(CN(C)C(=O)c2ccnc(F)c2F)o1. The van der Waals surface area contributed by atoms with E-state index in [-0.39, 0.29) is 12.1 Å². The average Bonchev–Trinajstić information content (AvgIpc) is 2.77. The fraction of sp³-hybridized carbons (Fsp3) is 0.231. The number of furan rings is 1. The second-order valence-corrected chi connectivity index (χ2v) is 4.14. The molecule has 0 aliphatic carbocycles. The molecule has 1 amide bonds. The van der Waals surface area contributed by atoms with Gasteiger partial charge in [-0.1, -0.05) is 0 Å². The first-order valence-corrected chi connectivity index (χ1v) is 5.60. The third-order valence-corrected chi connectivity index (χ3v) is 2.61. The Labute approximate surface area is 108 Å². The number of rotatable bonds is 3. The van der Waals surface area contributed by atoms with Crippen LogP contribution in [0.15, 0.2) is 28.8 Å². The summed E-state index contributed by atoms with van der Waals surface area (Å²) in [6, 6.07) is 4.63. The van der Waals surface area contributed by atoms with Crippen molar-refractivity contribution in [2.45, 2.75) is 13.5 Å². The molecule has 2 rings (SSSR count). The first-order chi connectivity index (χ1) is 8.99. The molecule has 4 nitrogen and oxygen atoms in total. The monoisotopic (exact) mass is 266 g/mol. The highest BCUT2D eigenvalue weighted by molar-refractivity contribution is 5.94. The lowest BCUT2D eigenvalue weighted by atomic mass is 10.2. The fourth-order valence-corrected chi connectivity index (χ4v) is 1.66. The molecule has 0 saturated heterocycles. The first kappa shape index (κ1) is 13.2. The lowest BCUT2D eigenvalue weighted by Crippen LogP contribution is -2.27. The van der Waals surface area contributed by atoms with E-state index in [1.54, 1.807) is 19.1 Å². The van der Waals surface area contributed by atoms with Gasteiger partial charge in [0.05, 0.1) is 12.1 Å². The highest BCUT2D eigenvalue weighted by Crippen LogP contribution is 2.14. The van der Waals surface area contributed by atoms with Gasteiger partial charge in [0.1, 0.15) is 11.5 Å². The van der Waals surface area contributed by atoms with E-state index in [4.69, 9.17) is 4.42 Å². The van der Waals surface area contributed by atoms with Crippen molar-refractivity contribution < 1.29 is 18.0 Å². The topological polar surface area (TPSA) is 46.3 Å². The predicted octanol–water partition coefficient (Wildman–Crippen LogP) is 2.53. The Bertz CT molecular complexity index is 610. The van der Waals surface area contributed by atoms with E-state index in [1.807, 2.05) is 0 Å². The highest BCUT2D eigenvalue weighted by Gasteiger charge is 2.20. The van der Waals surface area contributed by atoms with Crippen LogP contribution >= 0.6 is 0 Å². The van der Waals surface area contributed by atoms with Crippen LogP contribution in [0.4, 0.5) is 8.78 Å². The smallest absolute Gasteiger partial charge is 0.257 e. The van der Waals surface area contributed by atoms with E-state index in [2.05, 4.69) is 4.98 Å². The van der Waals surface area contributed by atoms with Gasteiger partial charge in [-0.2, -0.15) is 4.39 Å². The molecular formula is C13H12F2N2O2. The predicted molar refractivity (Wildman–Crippen MR) is 63.4 cm³/mol. The van der Waals surface area contributed by atoms with Crippen LogP contribution in [-0.2, 0) is 6.54 Å². The number of carbonyl (C=O) groups excluding carboxylic acids is 1. The zero-order valence-corrected chi connectivity index (χ0v) is 10.5. The molecule has 0 N–H and O–H groups in total. The van der Waals surface area contributed by atoms with Gasteiger partial charge in [-0.25, -0.2) is 9.37 Å². The van der Waals surface area contributed by atoms with Crippen molar-refractivity contribution in [1.82, 2.24) is 9.88 Å². The van der Waals surface area contributed by atoms with E-state index in [1.165, 1.54) is 11.9 Å². The van der Waals surface area contributed by atoms with E-state index >= 15 is 0 Å². The lowest BCUT2D eigenvalue weighted by Gasteiger charge is -2.16. The van der Waals surface area contributed by atoms with Crippen LogP contribution in [0.1, 0.15) is 21.9 Å². The molecule has 2 aromatic rings. The van der Waals surface area contributed by atoms with Crippen LogP contribution in [0.5, 0.6) is 0 Å². The van der Waals surface area contributed by atoms with Crippen molar-refractivity contribution in [2.24, 2.45) is 0 Å². The maximum atomic E-state index is 13.4. The van der Waals surface area contributed by atoms with Crippen molar-refractivity contribution in [1.29, 1.82) is 0 Å². The second kappa shape index (κ2) is 5.17. The van der Waals surface area contributed by atoms with Crippen LogP contribution < -0.4 is 0 Å². The maximum absolute atomic E-state index is 13.4. The summed E-state index contributed by atoms with van der Waals surface area (Å²) in [5, 5.41) is 0. The Morgan fingerprint density at radius 1 is 1.37 bits per heavy atom. The molecule has 0 bridgehead atoms. The molecule has 0 fully saturated rings. The number of aryl methyl sites for hydroxylation is 1. The van der Waals surface area contributed by atoms with Crippen LogP contribution in [0.25, 0.3) is 0 Å². The third kappa shape index (κ3) is 2.78. The molecule has 0 saturated carbocycles. The summed E-state index contributed by atoms with van der Waals surface area (Å²) in [6.07, 6.45) is 1.05. The van der Waals surface area contributed by atoms with Gasteiger partial charge in [-0.3, -0.25) is 4.79 Å². The van der Waals surface area contributed by atoms with Gasteiger partial charge in [0.2, 0.25) is 5.95 Å². The molecule has 6 heteroatoms. The molecule has 19 heavy (non-hydrogen) atoms. The Balaban J connectivity index is 2.17. The lowest BCUT2D eigenvalue weighted by molar-refractivity contribution is 0.0768. The minimum absolute atomic E-state index is 0.177. The minimum atomic E-state index is -1.28. The van der Waals surface area contributed by atoms with Crippen molar-refractivity contribution in [3.8, 4) is 0 Å². The van der Waals surface area contributed by atoms with E-state index in [0.717, 1.165) is 18.0 Å². The summed E-state index contributed by atoms with van der Waals surface area (Å²) < 4.78 is 31.7. The van der Waals surface area contributed by atoms with E-state index in [0.29, 0.717) is 5.76 Å². The molecular weight excluding hydrogens is 254 g/mol. The summed E-state index contributed by atoms with van der Waals surface area (Å²) >= 11 is 0. The minimum Gasteiger partial charge on any atom is -0.464 e. The number of pyridine rings is 1. The molecule has 0 aromatic carbocycles. The molecule has 0 atom stereocenters. The summed E-state index contributed by atoms with van der Waals surface area (Å²) in [5.41, 5.74) is -0.349. The summed E-state index contributed by atoms with van der Waals surface area (Å²) in [6.45, 7) is 1.96. The number of halogens is 2. The van der Waals surface area contributed by atoms with Crippen molar-refractivity contribution >= 4 is 5.91 Å². The van der Waals surface area contributed by atoms with Gasteiger partial charge in [-0.05, 0) is 25.1 Å². The van der Waals surface area contributed by atoms with E-state index in [9.17, 15) is 13.6 Å². The van der Waals surface area contributed by atoms with Crippen molar-refractivity contribution in [2.75, 3.05) is 7.05 Å². The number of carbonyl (C=O) groups is 1. The maximum Gasteiger partial charge on any atom is 0.257 e. The third-order valence-electron chi connectivity index (χ3n) is 2.61. The van der Waals surface area contributed by atoms with Crippen LogP contribution in [0.3, 0.4) is 0 Å². The number of nitrogens with zero attached hydrogens (tertiary/aromatic N) is 2. The number of hydrogen-bond donors (Lipinski definition) is 0. The number of aromatic nitrogens is 1. The summed E-state index contributed by atoms with van der Waals surface area (Å²) in [7, 11) is 1.48. The molecule has 0 aliphatic heterocycles. The van der Waals surface area contributed by atoms with Gasteiger partial charge in [-0.15, -0.1) is 0 Å². The molecule has 0 radical (unpaired) electrons. The Kier molecular flexibility index (Phi) is 3.59. The van der Waals surface area contributed by atoms with E-state index < -0.39 is 17.7 Å². The second-order valence-electron chi connectivity index (χ2n) is 4.14. The average molecular weight is 266 g/mol. The molecule has 0 spiro atoms. The van der Waals surface area contributed by atoms with Gasteiger partial charge >= 0.3 is 0 Å². The largest absolute Gasteiger partial charge is 0.464 e. The highest BCUT2D eigenvalue weighted by atomic mass is 19.2. The zero-order chi connectivity index (χ0) is 14.0. The summed E-state index contributed by atoms with van der Waals surface area (Å²) in [4.78, 5) is 16.4. The number of hydrogen-bond acceptors (Lipinski definition) is 3. The van der Waals surface area contributed by atoms with Crippen LogP contribution in [0, 0.1) is 18.7 Å². The molecule has 100 valence electrons. The molecule has 2 heterocycles. The van der Waals surface area contributed by atoms with Gasteiger partial charge in [0, 0.05) is 13.2 Å². The standard InChI is InChI=1S/C13H12F2N2O2/c1-8-3-4-9(19-8)7-17(2)13(18)10-5-6-16-12(15)11(10)14/h3-6H,7H2,1-2H3. The quantitative estimate of drug-likeness (QED) is 0.802. The molecule has 2 aromatic heterocycles. The van der Waals surface area contributed by atoms with Gasteiger partial charge < -0.3 is 9.32 Å². The first-order valence-electron chi connectivity index (χ1n) is 5.60. The van der Waals surface area contributed by atoms with Crippen molar-refractivity contribution in [3.63, 3.8) is 0 Å². The Morgan fingerprint density at radius 2 is 2.11 bits per heavy atom.